The first-order valence-electron chi connectivity index (χ1n) is 9.20. The van der Waals surface area contributed by atoms with Crippen molar-refractivity contribution in [2.45, 2.75) is 11.8 Å². The van der Waals surface area contributed by atoms with Crippen LogP contribution < -0.4 is 10.2 Å². The molecule has 3 rings (SSSR count). The summed E-state index contributed by atoms with van der Waals surface area (Å²) in [7, 11) is -3.83. The number of anilines is 2. The van der Waals surface area contributed by atoms with Crippen molar-refractivity contribution in [3.05, 3.63) is 54.6 Å². The summed E-state index contributed by atoms with van der Waals surface area (Å²) in [6.07, 6.45) is 1.83. The van der Waals surface area contributed by atoms with E-state index in [1.807, 2.05) is 29.4 Å². The third-order valence-electron chi connectivity index (χ3n) is 4.52. The highest BCUT2D eigenvalue weighted by atomic mass is 32.2. The summed E-state index contributed by atoms with van der Waals surface area (Å²) in [5.74, 6) is -0.210. The summed E-state index contributed by atoms with van der Waals surface area (Å²) in [5, 5.41) is 3.11. The van der Waals surface area contributed by atoms with Gasteiger partial charge in [-0.15, -0.1) is 4.40 Å². The minimum absolute atomic E-state index is 0.0982. The smallest absolute Gasteiger partial charge is 0.284 e. The van der Waals surface area contributed by atoms with Gasteiger partial charge in [-0.3, -0.25) is 4.79 Å². The van der Waals surface area contributed by atoms with Gasteiger partial charge < -0.3 is 15.1 Å². The molecule has 0 aliphatic carbocycles. The number of benzene rings is 2. The summed E-state index contributed by atoms with van der Waals surface area (Å²) in [6, 6.07) is 16.2. The molecule has 1 aliphatic rings. The molecule has 0 saturated carbocycles. The molecule has 29 heavy (non-hydrogen) atoms. The highest BCUT2D eigenvalue weighted by molar-refractivity contribution is 8.13. The lowest BCUT2D eigenvalue weighted by atomic mass is 10.2. The fraction of sp³-hybridized carbons (Fsp3) is 0.300. The minimum Gasteiger partial charge on any atom is -0.368 e. The van der Waals surface area contributed by atoms with Gasteiger partial charge in [0.1, 0.15) is 0 Å². The SMILES string of the molecule is CS/C(=N\S(=O)(=O)c1ccc(NC(C)=O)cc1)N1CCN(c2ccccc2)CC1. The van der Waals surface area contributed by atoms with E-state index in [0.717, 1.165) is 13.1 Å². The van der Waals surface area contributed by atoms with Crippen molar-refractivity contribution in [3.63, 3.8) is 0 Å². The van der Waals surface area contributed by atoms with Crippen LogP contribution in [-0.2, 0) is 14.8 Å². The molecular weight excluding hydrogens is 408 g/mol. The third kappa shape index (κ3) is 5.51. The van der Waals surface area contributed by atoms with E-state index in [1.165, 1.54) is 36.5 Å². The van der Waals surface area contributed by atoms with Crippen LogP contribution in [0.1, 0.15) is 6.92 Å². The number of para-hydroxylation sites is 1. The number of carbonyl (C=O) groups excluding carboxylic acids is 1. The predicted molar refractivity (Wildman–Crippen MR) is 119 cm³/mol. The van der Waals surface area contributed by atoms with E-state index in [9.17, 15) is 13.2 Å². The topological polar surface area (TPSA) is 82.1 Å². The lowest BCUT2D eigenvalue weighted by Crippen LogP contribution is -2.48. The standard InChI is InChI=1S/C20H24N4O3S2/c1-16(25)21-17-8-10-19(11-9-17)29(26,27)22-20(28-2)24-14-12-23(13-15-24)18-6-4-3-5-7-18/h3-11H,12-15H2,1-2H3,(H,21,25)/b22-20-. The van der Waals surface area contributed by atoms with Crippen molar-refractivity contribution < 1.29 is 13.2 Å². The number of amides is 1. The molecular formula is C20H24N4O3S2. The number of sulfonamides is 1. The van der Waals surface area contributed by atoms with E-state index in [2.05, 4.69) is 26.7 Å². The Labute approximate surface area is 175 Å². The maximum Gasteiger partial charge on any atom is 0.284 e. The molecule has 154 valence electrons. The van der Waals surface area contributed by atoms with Crippen molar-refractivity contribution in [2.24, 2.45) is 4.40 Å². The zero-order chi connectivity index (χ0) is 20.9. The van der Waals surface area contributed by atoms with Crippen LogP contribution in [0.15, 0.2) is 63.9 Å². The highest BCUT2D eigenvalue weighted by Crippen LogP contribution is 2.21. The van der Waals surface area contributed by atoms with Gasteiger partial charge in [0.15, 0.2) is 5.17 Å². The van der Waals surface area contributed by atoms with Gasteiger partial charge in [0.2, 0.25) is 5.91 Å². The predicted octanol–water partition coefficient (Wildman–Crippen LogP) is 2.87. The maximum absolute atomic E-state index is 12.7. The number of nitrogens with one attached hydrogen (secondary N) is 1. The lowest BCUT2D eigenvalue weighted by molar-refractivity contribution is -0.114. The Morgan fingerprint density at radius 1 is 1.00 bits per heavy atom. The van der Waals surface area contributed by atoms with Crippen LogP contribution in [0.3, 0.4) is 0 Å². The van der Waals surface area contributed by atoms with Crippen molar-refractivity contribution in [1.29, 1.82) is 0 Å². The molecule has 1 N–H and O–H groups in total. The largest absolute Gasteiger partial charge is 0.368 e. The van der Waals surface area contributed by atoms with Crippen LogP contribution >= 0.6 is 11.8 Å². The van der Waals surface area contributed by atoms with Gasteiger partial charge in [0, 0.05) is 44.5 Å². The Hall–Kier alpha value is -2.52. The molecule has 0 aromatic heterocycles. The normalized spacial score (nSPS) is 15.3. The van der Waals surface area contributed by atoms with Gasteiger partial charge in [-0.05, 0) is 42.7 Å². The van der Waals surface area contributed by atoms with Gasteiger partial charge in [-0.25, -0.2) is 0 Å². The number of nitrogens with zero attached hydrogens (tertiary/aromatic N) is 3. The maximum atomic E-state index is 12.7. The molecule has 0 atom stereocenters. The molecule has 1 heterocycles. The zero-order valence-electron chi connectivity index (χ0n) is 16.4. The van der Waals surface area contributed by atoms with E-state index in [0.29, 0.717) is 23.9 Å². The molecule has 9 heteroatoms. The molecule has 0 radical (unpaired) electrons. The second-order valence-electron chi connectivity index (χ2n) is 6.57. The molecule has 1 saturated heterocycles. The number of amidine groups is 1. The number of hydrogen-bond acceptors (Lipinski definition) is 5. The van der Waals surface area contributed by atoms with E-state index in [-0.39, 0.29) is 10.8 Å². The van der Waals surface area contributed by atoms with Crippen LogP contribution in [0.5, 0.6) is 0 Å². The van der Waals surface area contributed by atoms with Crippen LogP contribution in [0, 0.1) is 0 Å². The summed E-state index contributed by atoms with van der Waals surface area (Å²) in [6.45, 7) is 4.40. The molecule has 7 nitrogen and oxygen atoms in total. The van der Waals surface area contributed by atoms with Crippen molar-refractivity contribution in [3.8, 4) is 0 Å². The van der Waals surface area contributed by atoms with E-state index in [4.69, 9.17) is 0 Å². The Kier molecular flexibility index (Phi) is 6.81. The van der Waals surface area contributed by atoms with Gasteiger partial charge in [-0.1, -0.05) is 30.0 Å². The molecule has 2 aromatic carbocycles. The summed E-state index contributed by atoms with van der Waals surface area (Å²) in [5.41, 5.74) is 1.71. The first-order chi connectivity index (χ1) is 13.9. The van der Waals surface area contributed by atoms with Crippen LogP contribution in [0.4, 0.5) is 11.4 Å². The average molecular weight is 433 g/mol. The number of thioether (sulfide) groups is 1. The van der Waals surface area contributed by atoms with Gasteiger partial charge in [0.05, 0.1) is 4.90 Å². The first kappa shape index (κ1) is 21.2. The third-order valence-corrected chi connectivity index (χ3v) is 6.64. The second-order valence-corrected chi connectivity index (χ2v) is 8.95. The molecule has 1 aliphatic heterocycles. The number of rotatable bonds is 4. The summed E-state index contributed by atoms with van der Waals surface area (Å²) in [4.78, 5) is 15.5. The van der Waals surface area contributed by atoms with Crippen molar-refractivity contribution in [1.82, 2.24) is 4.90 Å². The molecule has 0 spiro atoms. The fourth-order valence-electron chi connectivity index (χ4n) is 3.09. The molecule has 2 aromatic rings. The molecule has 0 unspecified atom stereocenters. The van der Waals surface area contributed by atoms with Crippen LogP contribution in [0.2, 0.25) is 0 Å². The van der Waals surface area contributed by atoms with E-state index >= 15 is 0 Å². The number of hydrogen-bond donors (Lipinski definition) is 1. The quantitative estimate of drug-likeness (QED) is 0.591. The number of carbonyl (C=O) groups is 1. The molecule has 1 amide bonds. The number of piperazine rings is 1. The van der Waals surface area contributed by atoms with Crippen molar-refractivity contribution >= 4 is 44.2 Å². The van der Waals surface area contributed by atoms with E-state index < -0.39 is 10.0 Å². The lowest BCUT2D eigenvalue weighted by Gasteiger charge is -2.37. The summed E-state index contributed by atoms with van der Waals surface area (Å²) < 4.78 is 29.6. The van der Waals surface area contributed by atoms with Crippen molar-refractivity contribution in [2.75, 3.05) is 42.7 Å². The summed E-state index contributed by atoms with van der Waals surface area (Å²) >= 11 is 1.33. The first-order valence-corrected chi connectivity index (χ1v) is 11.9. The van der Waals surface area contributed by atoms with Crippen LogP contribution in [-0.4, -0.2) is 56.8 Å². The Morgan fingerprint density at radius 2 is 1.62 bits per heavy atom. The fourth-order valence-corrected chi connectivity index (χ4v) is 5.03. The molecule has 1 fully saturated rings. The average Bonchev–Trinajstić information content (AvgIpc) is 2.73. The van der Waals surface area contributed by atoms with E-state index in [1.54, 1.807) is 12.1 Å². The highest BCUT2D eigenvalue weighted by Gasteiger charge is 2.22. The van der Waals surface area contributed by atoms with Gasteiger partial charge >= 0.3 is 0 Å². The molecule has 0 bridgehead atoms. The Morgan fingerprint density at radius 3 is 2.17 bits per heavy atom. The zero-order valence-corrected chi connectivity index (χ0v) is 18.0. The Balaban J connectivity index is 1.71. The van der Waals surface area contributed by atoms with Crippen LogP contribution in [0.25, 0.3) is 0 Å². The van der Waals surface area contributed by atoms with Gasteiger partial charge in [-0.2, -0.15) is 8.42 Å². The second kappa shape index (κ2) is 9.32. The minimum atomic E-state index is -3.83. The Bertz CT molecular complexity index is 969. The monoisotopic (exact) mass is 432 g/mol. The van der Waals surface area contributed by atoms with Gasteiger partial charge in [0.25, 0.3) is 10.0 Å².